The van der Waals surface area contributed by atoms with E-state index in [0.29, 0.717) is 34.6 Å². The number of methoxy groups -OCH3 is 1. The highest BCUT2D eigenvalue weighted by atomic mass is 16.5. The fourth-order valence-electron chi connectivity index (χ4n) is 3.38. The molecule has 0 spiro atoms. The van der Waals surface area contributed by atoms with E-state index < -0.39 is 5.97 Å². The molecule has 3 aromatic rings. The largest absolute Gasteiger partial charge is 0.496 e. The maximum atomic E-state index is 12.4. The van der Waals surface area contributed by atoms with Gasteiger partial charge in [-0.2, -0.15) is 0 Å². The Bertz CT molecular complexity index is 1090. The van der Waals surface area contributed by atoms with E-state index >= 15 is 0 Å². The van der Waals surface area contributed by atoms with Crippen LogP contribution in [-0.2, 0) is 6.42 Å². The molecule has 6 nitrogen and oxygen atoms in total. The molecule has 30 heavy (non-hydrogen) atoms. The van der Waals surface area contributed by atoms with Gasteiger partial charge in [-0.1, -0.05) is 36.4 Å². The number of carbonyl (C=O) groups is 3. The van der Waals surface area contributed by atoms with Gasteiger partial charge in [-0.3, -0.25) is 14.5 Å². The zero-order chi connectivity index (χ0) is 21.1. The minimum Gasteiger partial charge on any atom is -0.496 e. The van der Waals surface area contributed by atoms with Gasteiger partial charge in [-0.05, 0) is 48.4 Å². The lowest BCUT2D eigenvalue weighted by atomic mass is 10.1. The van der Waals surface area contributed by atoms with Crippen molar-refractivity contribution in [2.75, 3.05) is 13.7 Å². The van der Waals surface area contributed by atoms with Crippen molar-refractivity contribution in [2.24, 2.45) is 0 Å². The summed E-state index contributed by atoms with van der Waals surface area (Å²) in [5.41, 5.74) is 2.15. The van der Waals surface area contributed by atoms with Crippen LogP contribution in [0.25, 0.3) is 0 Å². The molecule has 0 fully saturated rings. The van der Waals surface area contributed by atoms with Gasteiger partial charge in [-0.15, -0.1) is 0 Å². The molecule has 1 aliphatic rings. The molecule has 0 saturated heterocycles. The molecule has 2 amide bonds. The monoisotopic (exact) mass is 401 g/mol. The summed E-state index contributed by atoms with van der Waals surface area (Å²) in [6, 6.07) is 20.7. The number of imide groups is 1. The van der Waals surface area contributed by atoms with Crippen LogP contribution in [0, 0.1) is 0 Å². The second-order valence-corrected chi connectivity index (χ2v) is 6.79. The van der Waals surface area contributed by atoms with Crippen molar-refractivity contribution in [3.05, 3.63) is 95.1 Å². The Labute approximate surface area is 173 Å². The summed E-state index contributed by atoms with van der Waals surface area (Å²) in [4.78, 5) is 38.5. The summed E-state index contributed by atoms with van der Waals surface area (Å²) in [7, 11) is 1.50. The van der Waals surface area contributed by atoms with E-state index in [0.717, 1.165) is 5.56 Å². The smallest absolute Gasteiger partial charge is 0.347 e. The van der Waals surface area contributed by atoms with Crippen molar-refractivity contribution < 1.29 is 23.9 Å². The lowest BCUT2D eigenvalue weighted by molar-refractivity contribution is 0.0653. The molecule has 150 valence electrons. The number of fused-ring (bicyclic) bond motifs is 1. The van der Waals surface area contributed by atoms with Crippen LogP contribution in [0.3, 0.4) is 0 Å². The highest BCUT2D eigenvalue weighted by Crippen LogP contribution is 2.24. The Kier molecular flexibility index (Phi) is 5.30. The maximum Gasteiger partial charge on any atom is 0.347 e. The number of benzene rings is 3. The topological polar surface area (TPSA) is 72.9 Å². The van der Waals surface area contributed by atoms with Gasteiger partial charge >= 0.3 is 5.97 Å². The second kappa shape index (κ2) is 8.21. The SMILES string of the molecule is COc1ccccc1C(=O)Oc1ccc(CCN2C(=O)c3ccccc3C2=O)cc1. The molecule has 0 aliphatic carbocycles. The first-order chi connectivity index (χ1) is 14.6. The van der Waals surface area contributed by atoms with Gasteiger partial charge in [0.15, 0.2) is 0 Å². The highest BCUT2D eigenvalue weighted by Gasteiger charge is 2.34. The first-order valence-corrected chi connectivity index (χ1v) is 9.48. The molecule has 0 radical (unpaired) electrons. The highest BCUT2D eigenvalue weighted by molar-refractivity contribution is 6.21. The Hall–Kier alpha value is -3.93. The van der Waals surface area contributed by atoms with Gasteiger partial charge < -0.3 is 9.47 Å². The predicted octanol–water partition coefficient (Wildman–Crippen LogP) is 3.75. The van der Waals surface area contributed by atoms with E-state index in [9.17, 15) is 14.4 Å². The summed E-state index contributed by atoms with van der Waals surface area (Å²) >= 11 is 0. The van der Waals surface area contributed by atoms with Crippen LogP contribution in [-0.4, -0.2) is 36.3 Å². The van der Waals surface area contributed by atoms with Crippen molar-refractivity contribution >= 4 is 17.8 Å². The van der Waals surface area contributed by atoms with E-state index in [1.807, 2.05) is 12.1 Å². The molecule has 3 aromatic carbocycles. The van der Waals surface area contributed by atoms with Crippen LogP contribution >= 0.6 is 0 Å². The molecule has 0 saturated carbocycles. The number of carbonyl (C=O) groups excluding carboxylic acids is 3. The lowest BCUT2D eigenvalue weighted by Crippen LogP contribution is -2.31. The third-order valence-corrected chi connectivity index (χ3v) is 4.96. The van der Waals surface area contributed by atoms with E-state index in [2.05, 4.69) is 0 Å². The number of hydrogen-bond donors (Lipinski definition) is 0. The van der Waals surface area contributed by atoms with Crippen LogP contribution in [0.2, 0.25) is 0 Å². The Morgan fingerprint density at radius 3 is 2.07 bits per heavy atom. The van der Waals surface area contributed by atoms with Gasteiger partial charge in [0.05, 0.1) is 18.2 Å². The van der Waals surface area contributed by atoms with Crippen molar-refractivity contribution in [3.8, 4) is 11.5 Å². The number of ether oxygens (including phenoxy) is 2. The number of nitrogens with zero attached hydrogens (tertiary/aromatic N) is 1. The van der Waals surface area contributed by atoms with Gasteiger partial charge in [0.1, 0.15) is 17.1 Å². The molecule has 0 atom stereocenters. The summed E-state index contributed by atoms with van der Waals surface area (Å²) in [5.74, 6) is -0.197. The zero-order valence-corrected chi connectivity index (χ0v) is 16.3. The molecular weight excluding hydrogens is 382 g/mol. The van der Waals surface area contributed by atoms with Gasteiger partial charge in [0.2, 0.25) is 0 Å². The molecule has 0 N–H and O–H groups in total. The molecule has 4 rings (SSSR count). The average molecular weight is 401 g/mol. The fraction of sp³-hybridized carbons (Fsp3) is 0.125. The van der Waals surface area contributed by atoms with Crippen LogP contribution in [0.1, 0.15) is 36.6 Å². The maximum absolute atomic E-state index is 12.4. The molecule has 0 aromatic heterocycles. The molecule has 0 bridgehead atoms. The number of rotatable bonds is 6. The third-order valence-electron chi connectivity index (χ3n) is 4.96. The summed E-state index contributed by atoms with van der Waals surface area (Å²) in [6.07, 6.45) is 0.506. The second-order valence-electron chi connectivity index (χ2n) is 6.79. The van der Waals surface area contributed by atoms with E-state index in [4.69, 9.17) is 9.47 Å². The number of para-hydroxylation sites is 1. The minimum atomic E-state index is -0.508. The Morgan fingerprint density at radius 1 is 0.833 bits per heavy atom. The molecule has 1 heterocycles. The van der Waals surface area contributed by atoms with Crippen molar-refractivity contribution in [1.82, 2.24) is 4.90 Å². The summed E-state index contributed by atoms with van der Waals surface area (Å²) in [6.45, 7) is 0.284. The number of esters is 1. The first-order valence-electron chi connectivity index (χ1n) is 9.48. The zero-order valence-electron chi connectivity index (χ0n) is 16.3. The first kappa shape index (κ1) is 19.4. The lowest BCUT2D eigenvalue weighted by Gasteiger charge is -2.14. The van der Waals surface area contributed by atoms with Crippen LogP contribution < -0.4 is 9.47 Å². The molecule has 1 aliphatic heterocycles. The average Bonchev–Trinajstić information content (AvgIpc) is 3.03. The summed E-state index contributed by atoms with van der Waals surface area (Å²) < 4.78 is 10.6. The van der Waals surface area contributed by atoms with Gasteiger partial charge in [0, 0.05) is 6.54 Å². The van der Waals surface area contributed by atoms with Crippen molar-refractivity contribution in [2.45, 2.75) is 6.42 Å². The van der Waals surface area contributed by atoms with E-state index in [1.54, 1.807) is 60.7 Å². The normalized spacial score (nSPS) is 12.6. The Balaban J connectivity index is 1.38. The fourth-order valence-corrected chi connectivity index (χ4v) is 3.38. The van der Waals surface area contributed by atoms with Gasteiger partial charge in [-0.25, -0.2) is 4.79 Å². The Morgan fingerprint density at radius 2 is 1.43 bits per heavy atom. The molecule has 0 unspecified atom stereocenters. The quantitative estimate of drug-likeness (QED) is 0.357. The minimum absolute atomic E-state index is 0.266. The predicted molar refractivity (Wildman–Crippen MR) is 110 cm³/mol. The van der Waals surface area contributed by atoms with Crippen molar-refractivity contribution in [3.63, 3.8) is 0 Å². The van der Waals surface area contributed by atoms with Crippen LogP contribution in [0.4, 0.5) is 0 Å². The van der Waals surface area contributed by atoms with Crippen molar-refractivity contribution in [1.29, 1.82) is 0 Å². The van der Waals surface area contributed by atoms with E-state index in [1.165, 1.54) is 12.0 Å². The number of hydrogen-bond acceptors (Lipinski definition) is 5. The van der Waals surface area contributed by atoms with Crippen LogP contribution in [0.5, 0.6) is 11.5 Å². The third kappa shape index (κ3) is 3.67. The summed E-state index contributed by atoms with van der Waals surface area (Å²) in [5, 5.41) is 0. The molecule has 6 heteroatoms. The van der Waals surface area contributed by atoms with Crippen LogP contribution in [0.15, 0.2) is 72.8 Å². The number of amides is 2. The van der Waals surface area contributed by atoms with Gasteiger partial charge in [0.25, 0.3) is 11.8 Å². The molecular formula is C24H19NO5. The standard InChI is InChI=1S/C24H19NO5/c1-29-21-9-5-4-8-20(21)24(28)30-17-12-10-16(11-13-17)14-15-25-22(26)18-6-2-3-7-19(18)23(25)27/h2-13H,14-15H2,1H3. The van der Waals surface area contributed by atoms with E-state index in [-0.39, 0.29) is 18.4 Å².